The fourth-order valence-electron chi connectivity index (χ4n) is 0.984. The predicted octanol–water partition coefficient (Wildman–Crippen LogP) is 1.07. The molecule has 5 heteroatoms. The fourth-order valence-corrected chi connectivity index (χ4v) is 0.984. The van der Waals surface area contributed by atoms with Crippen LogP contribution in [0.15, 0.2) is 0 Å². The lowest BCUT2D eigenvalue weighted by Gasteiger charge is -2.11. The van der Waals surface area contributed by atoms with Crippen molar-refractivity contribution < 1.29 is 0 Å². The summed E-state index contributed by atoms with van der Waals surface area (Å²) in [5, 5.41) is 3.14. The Balaban J connectivity index is 2.84. The quantitative estimate of drug-likeness (QED) is 0.778. The van der Waals surface area contributed by atoms with E-state index in [1.807, 2.05) is 25.9 Å². The second-order valence-corrected chi connectivity index (χ2v) is 3.33. The Bertz CT molecular complexity index is 297. The first-order valence-corrected chi connectivity index (χ1v) is 4.77. The molecule has 0 fully saturated rings. The van der Waals surface area contributed by atoms with Gasteiger partial charge in [-0.1, -0.05) is 6.92 Å². The molecule has 0 radical (unpaired) electrons. The first kappa shape index (κ1) is 10.7. The van der Waals surface area contributed by atoms with Crippen LogP contribution in [0, 0.1) is 6.92 Å². The molecule has 1 aromatic rings. The minimum Gasteiger partial charge on any atom is -0.354 e. The van der Waals surface area contributed by atoms with Gasteiger partial charge < -0.3 is 10.2 Å². The Morgan fingerprint density at radius 1 is 1.21 bits per heavy atom. The Morgan fingerprint density at radius 2 is 1.93 bits per heavy atom. The molecular formula is C9H17N5. The highest BCUT2D eigenvalue weighted by Gasteiger charge is 2.03. The third kappa shape index (κ3) is 2.83. The summed E-state index contributed by atoms with van der Waals surface area (Å²) in [6.07, 6.45) is 1.06. The van der Waals surface area contributed by atoms with E-state index in [2.05, 4.69) is 27.2 Å². The lowest BCUT2D eigenvalue weighted by molar-refractivity contribution is 0.891. The van der Waals surface area contributed by atoms with Gasteiger partial charge in [0.25, 0.3) is 0 Å². The van der Waals surface area contributed by atoms with Crippen LogP contribution in [0.5, 0.6) is 0 Å². The maximum atomic E-state index is 4.26. The second-order valence-electron chi connectivity index (χ2n) is 3.33. The number of nitrogens with zero attached hydrogens (tertiary/aromatic N) is 4. The summed E-state index contributed by atoms with van der Waals surface area (Å²) >= 11 is 0. The van der Waals surface area contributed by atoms with Crippen LogP contribution in [0.25, 0.3) is 0 Å². The number of rotatable bonds is 4. The molecule has 1 heterocycles. The van der Waals surface area contributed by atoms with E-state index in [9.17, 15) is 0 Å². The SMILES string of the molecule is CCCNc1nc(C)nc(N(C)C)n1. The number of aryl methyl sites for hydroxylation is 1. The third-order valence-electron chi connectivity index (χ3n) is 1.67. The number of hydrogen-bond acceptors (Lipinski definition) is 5. The van der Waals surface area contributed by atoms with Crippen molar-refractivity contribution in [2.24, 2.45) is 0 Å². The van der Waals surface area contributed by atoms with Gasteiger partial charge in [0.2, 0.25) is 11.9 Å². The first-order chi connectivity index (χ1) is 6.63. The number of hydrogen-bond donors (Lipinski definition) is 1. The largest absolute Gasteiger partial charge is 0.354 e. The number of aromatic nitrogens is 3. The molecule has 0 unspecified atom stereocenters. The average molecular weight is 195 g/mol. The molecule has 0 atom stereocenters. The van der Waals surface area contributed by atoms with E-state index in [4.69, 9.17) is 0 Å². The maximum Gasteiger partial charge on any atom is 0.229 e. The highest BCUT2D eigenvalue weighted by atomic mass is 15.3. The van der Waals surface area contributed by atoms with Gasteiger partial charge in [-0.05, 0) is 13.3 Å². The summed E-state index contributed by atoms with van der Waals surface area (Å²) in [7, 11) is 3.83. The summed E-state index contributed by atoms with van der Waals surface area (Å²) in [5.41, 5.74) is 0. The standard InChI is InChI=1S/C9H17N5/c1-5-6-10-8-11-7(2)12-9(13-8)14(3)4/h5-6H2,1-4H3,(H,10,11,12,13). The molecule has 0 spiro atoms. The Hall–Kier alpha value is -1.39. The van der Waals surface area contributed by atoms with Gasteiger partial charge in [0, 0.05) is 20.6 Å². The molecule has 5 nitrogen and oxygen atoms in total. The highest BCUT2D eigenvalue weighted by Crippen LogP contribution is 2.07. The predicted molar refractivity (Wildman–Crippen MR) is 57.7 cm³/mol. The van der Waals surface area contributed by atoms with Crippen LogP contribution in [-0.2, 0) is 0 Å². The van der Waals surface area contributed by atoms with Crippen LogP contribution in [0.2, 0.25) is 0 Å². The molecule has 0 aromatic carbocycles. The summed E-state index contributed by atoms with van der Waals surface area (Å²) < 4.78 is 0. The van der Waals surface area contributed by atoms with Gasteiger partial charge in [0.1, 0.15) is 5.82 Å². The average Bonchev–Trinajstić information content (AvgIpc) is 2.14. The van der Waals surface area contributed by atoms with Gasteiger partial charge in [0.15, 0.2) is 0 Å². The minimum absolute atomic E-state index is 0.656. The van der Waals surface area contributed by atoms with E-state index in [-0.39, 0.29) is 0 Å². The van der Waals surface area contributed by atoms with Gasteiger partial charge in [0.05, 0.1) is 0 Å². The summed E-state index contributed by atoms with van der Waals surface area (Å²) in [6.45, 7) is 4.86. The van der Waals surface area contributed by atoms with Gasteiger partial charge in [-0.2, -0.15) is 15.0 Å². The second kappa shape index (κ2) is 4.74. The van der Waals surface area contributed by atoms with Crippen molar-refractivity contribution in [2.45, 2.75) is 20.3 Å². The summed E-state index contributed by atoms with van der Waals surface area (Å²) in [6, 6.07) is 0. The van der Waals surface area contributed by atoms with E-state index in [0.29, 0.717) is 11.9 Å². The van der Waals surface area contributed by atoms with Crippen LogP contribution < -0.4 is 10.2 Å². The molecule has 0 saturated heterocycles. The lowest BCUT2D eigenvalue weighted by Crippen LogP contribution is -2.16. The normalized spacial score (nSPS) is 10.0. The zero-order valence-corrected chi connectivity index (χ0v) is 9.20. The van der Waals surface area contributed by atoms with Crippen molar-refractivity contribution in [1.29, 1.82) is 0 Å². The molecular weight excluding hydrogens is 178 g/mol. The first-order valence-electron chi connectivity index (χ1n) is 4.77. The minimum atomic E-state index is 0.656. The van der Waals surface area contributed by atoms with Crippen LogP contribution >= 0.6 is 0 Å². The van der Waals surface area contributed by atoms with Crippen molar-refractivity contribution in [3.63, 3.8) is 0 Å². The van der Waals surface area contributed by atoms with Crippen molar-refractivity contribution in [3.8, 4) is 0 Å². The molecule has 0 aliphatic carbocycles. The number of anilines is 2. The molecule has 0 bridgehead atoms. The van der Waals surface area contributed by atoms with E-state index < -0.39 is 0 Å². The van der Waals surface area contributed by atoms with E-state index >= 15 is 0 Å². The lowest BCUT2D eigenvalue weighted by atomic mass is 10.5. The zero-order chi connectivity index (χ0) is 10.6. The van der Waals surface area contributed by atoms with Gasteiger partial charge >= 0.3 is 0 Å². The Labute approximate surface area is 84.6 Å². The zero-order valence-electron chi connectivity index (χ0n) is 9.20. The Kier molecular flexibility index (Phi) is 3.62. The summed E-state index contributed by atoms with van der Waals surface area (Å²) in [4.78, 5) is 14.5. The van der Waals surface area contributed by atoms with E-state index in [1.165, 1.54) is 0 Å². The highest BCUT2D eigenvalue weighted by molar-refractivity contribution is 5.35. The summed E-state index contributed by atoms with van der Waals surface area (Å²) in [5.74, 6) is 2.08. The van der Waals surface area contributed by atoms with E-state index in [0.717, 1.165) is 18.8 Å². The van der Waals surface area contributed by atoms with Gasteiger partial charge in [-0.15, -0.1) is 0 Å². The fraction of sp³-hybridized carbons (Fsp3) is 0.667. The Morgan fingerprint density at radius 3 is 2.50 bits per heavy atom. The van der Waals surface area contributed by atoms with Crippen molar-refractivity contribution in [1.82, 2.24) is 15.0 Å². The molecule has 0 aliphatic rings. The molecule has 0 amide bonds. The molecule has 0 aliphatic heterocycles. The van der Waals surface area contributed by atoms with Gasteiger partial charge in [-0.25, -0.2) is 0 Å². The molecule has 1 rings (SSSR count). The van der Waals surface area contributed by atoms with Crippen LogP contribution in [-0.4, -0.2) is 35.6 Å². The molecule has 0 saturated carbocycles. The van der Waals surface area contributed by atoms with Crippen molar-refractivity contribution in [2.75, 3.05) is 30.9 Å². The smallest absolute Gasteiger partial charge is 0.229 e. The monoisotopic (exact) mass is 195 g/mol. The van der Waals surface area contributed by atoms with Crippen molar-refractivity contribution in [3.05, 3.63) is 5.82 Å². The van der Waals surface area contributed by atoms with Crippen LogP contribution in [0.3, 0.4) is 0 Å². The van der Waals surface area contributed by atoms with E-state index in [1.54, 1.807) is 0 Å². The molecule has 1 N–H and O–H groups in total. The third-order valence-corrected chi connectivity index (χ3v) is 1.67. The number of nitrogens with one attached hydrogen (secondary N) is 1. The van der Waals surface area contributed by atoms with Crippen LogP contribution in [0.1, 0.15) is 19.2 Å². The molecule has 78 valence electrons. The topological polar surface area (TPSA) is 53.9 Å². The maximum absolute atomic E-state index is 4.26. The molecule has 1 aromatic heterocycles. The van der Waals surface area contributed by atoms with Crippen molar-refractivity contribution >= 4 is 11.9 Å². The van der Waals surface area contributed by atoms with Gasteiger partial charge in [-0.3, -0.25) is 0 Å². The van der Waals surface area contributed by atoms with Crippen LogP contribution in [0.4, 0.5) is 11.9 Å². The molecule has 14 heavy (non-hydrogen) atoms.